The SMILES string of the molecule is C/C=N/N(C)/C1=C/c2c(Cl)ccc3c(c(C(=O)O)n(C)c23)CCCOc2cc(cc3cc(F)ccc23)SCc2cc(n[nH]2)CSC1. The molecule has 0 spiro atoms. The van der Waals surface area contributed by atoms with Crippen LogP contribution < -0.4 is 4.74 Å². The summed E-state index contributed by atoms with van der Waals surface area (Å²) >= 11 is 10.1. The molecule has 0 amide bonds. The van der Waals surface area contributed by atoms with Gasteiger partial charge in [-0.2, -0.15) is 10.2 Å². The number of hydrogen-bond donors (Lipinski definition) is 2. The van der Waals surface area contributed by atoms with Crippen LogP contribution in [0.15, 0.2) is 64.2 Å². The van der Waals surface area contributed by atoms with Gasteiger partial charge in [0.1, 0.15) is 17.3 Å². The van der Waals surface area contributed by atoms with E-state index < -0.39 is 5.97 Å². The standard InChI is InChI=1S/C34H33ClFN5O3S2/c1-4-37-41(3)24-15-29-30(35)10-9-28-27(33(34(42)43)40(2)32(28)29)6-5-11-44-31-16-25(13-20-12-21(36)7-8-26(20)31)46-18-23-14-22(38-39-23)17-45-19-24/h4,7-10,12-16H,5-6,11,17-19H2,1-3H3,(H,38,39)(H,42,43)/b24-15+,37-4+. The number of halogens is 2. The minimum absolute atomic E-state index is 0.221. The number of aromatic amines is 1. The molecule has 5 aromatic rings. The van der Waals surface area contributed by atoms with Gasteiger partial charge in [-0.15, -0.1) is 23.5 Å². The number of hydrazone groups is 1. The van der Waals surface area contributed by atoms with Gasteiger partial charge in [0, 0.05) is 75.2 Å². The molecule has 0 atom stereocenters. The second-order valence-corrected chi connectivity index (χ2v) is 13.4. The maximum atomic E-state index is 14.2. The second kappa shape index (κ2) is 13.8. The highest BCUT2D eigenvalue weighted by atomic mass is 35.5. The van der Waals surface area contributed by atoms with E-state index in [2.05, 4.69) is 21.4 Å². The summed E-state index contributed by atoms with van der Waals surface area (Å²) in [6.45, 7) is 2.21. The molecule has 238 valence electrons. The van der Waals surface area contributed by atoms with Crippen LogP contribution in [0.5, 0.6) is 5.75 Å². The number of aromatic carboxylic acids is 1. The quantitative estimate of drug-likeness (QED) is 0.146. The van der Waals surface area contributed by atoms with Crippen molar-refractivity contribution < 1.29 is 19.0 Å². The Bertz CT molecular complexity index is 2000. The first-order valence-electron chi connectivity index (χ1n) is 14.8. The highest BCUT2D eigenvalue weighted by Gasteiger charge is 2.23. The van der Waals surface area contributed by atoms with Gasteiger partial charge in [-0.3, -0.25) is 10.1 Å². The molecule has 8 bridgehead atoms. The van der Waals surface area contributed by atoms with E-state index in [-0.39, 0.29) is 11.5 Å². The number of nitrogens with one attached hydrogen (secondary N) is 1. The maximum absolute atomic E-state index is 14.2. The third-order valence-corrected chi connectivity index (χ3v) is 10.3. The van der Waals surface area contributed by atoms with Crippen LogP contribution >= 0.6 is 35.1 Å². The molecule has 0 saturated heterocycles. The van der Waals surface area contributed by atoms with Crippen molar-refractivity contribution in [2.45, 2.75) is 36.2 Å². The molecule has 8 nitrogen and oxygen atoms in total. The first kappa shape index (κ1) is 32.0. The van der Waals surface area contributed by atoms with Crippen LogP contribution in [0.3, 0.4) is 0 Å². The molecule has 0 aliphatic carbocycles. The van der Waals surface area contributed by atoms with E-state index in [1.54, 1.807) is 47.4 Å². The number of carboxylic acids is 1. The minimum Gasteiger partial charge on any atom is -0.493 e. The van der Waals surface area contributed by atoms with Gasteiger partial charge in [-0.25, -0.2) is 9.18 Å². The Balaban J connectivity index is 1.45. The number of carbonyl (C=O) groups is 1. The Morgan fingerprint density at radius 1 is 1.17 bits per heavy atom. The average molecular weight is 678 g/mol. The lowest BCUT2D eigenvalue weighted by Crippen LogP contribution is -2.13. The van der Waals surface area contributed by atoms with Crippen LogP contribution in [0.2, 0.25) is 5.02 Å². The van der Waals surface area contributed by atoms with Gasteiger partial charge in [0.25, 0.3) is 0 Å². The zero-order valence-corrected chi connectivity index (χ0v) is 28.0. The molecule has 0 saturated carbocycles. The minimum atomic E-state index is -1.00. The van der Waals surface area contributed by atoms with Gasteiger partial charge >= 0.3 is 5.97 Å². The number of nitrogens with zero attached hydrogens (tertiary/aromatic N) is 4. The topological polar surface area (TPSA) is 95.7 Å². The van der Waals surface area contributed by atoms with Gasteiger partial charge in [-0.1, -0.05) is 17.7 Å². The van der Waals surface area contributed by atoms with Crippen molar-refractivity contribution in [2.75, 3.05) is 19.4 Å². The lowest BCUT2D eigenvalue weighted by atomic mass is 10.0. The summed E-state index contributed by atoms with van der Waals surface area (Å²) in [7, 11) is 3.65. The Morgan fingerprint density at radius 3 is 2.80 bits per heavy atom. The number of fused-ring (bicyclic) bond motifs is 6. The number of hydrogen-bond acceptors (Lipinski definition) is 7. The molecular weight excluding hydrogens is 645 g/mol. The van der Waals surface area contributed by atoms with Gasteiger partial charge in [0.2, 0.25) is 0 Å². The van der Waals surface area contributed by atoms with Gasteiger partial charge < -0.3 is 14.4 Å². The van der Waals surface area contributed by atoms with Crippen LogP contribution in [-0.4, -0.2) is 56.5 Å². The smallest absolute Gasteiger partial charge is 0.352 e. The predicted octanol–water partition coefficient (Wildman–Crippen LogP) is 8.37. The largest absolute Gasteiger partial charge is 0.493 e. The fourth-order valence-electron chi connectivity index (χ4n) is 5.83. The molecule has 0 radical (unpaired) electrons. The van der Waals surface area contributed by atoms with Crippen LogP contribution in [0.4, 0.5) is 4.39 Å². The molecule has 12 heteroatoms. The molecule has 1 aliphatic heterocycles. The summed E-state index contributed by atoms with van der Waals surface area (Å²) in [4.78, 5) is 13.6. The first-order chi connectivity index (χ1) is 22.2. The molecule has 1 aliphatic rings. The third-order valence-electron chi connectivity index (χ3n) is 7.92. The number of rotatable bonds is 3. The number of benzene rings is 3. The molecule has 6 rings (SSSR count). The normalized spacial score (nSPS) is 15.9. The van der Waals surface area contributed by atoms with E-state index >= 15 is 0 Å². The predicted molar refractivity (Wildman–Crippen MR) is 187 cm³/mol. The van der Waals surface area contributed by atoms with E-state index in [9.17, 15) is 14.3 Å². The Hall–Kier alpha value is -3.93. The monoisotopic (exact) mass is 677 g/mol. The lowest BCUT2D eigenvalue weighted by Gasteiger charge is -2.18. The highest BCUT2D eigenvalue weighted by molar-refractivity contribution is 7.98. The molecule has 3 aromatic carbocycles. The van der Waals surface area contributed by atoms with E-state index in [4.69, 9.17) is 16.3 Å². The number of ether oxygens (including phenoxy) is 1. The summed E-state index contributed by atoms with van der Waals surface area (Å²) < 4.78 is 22.2. The van der Waals surface area contributed by atoms with Gasteiger partial charge in [0.15, 0.2) is 0 Å². The Labute approximate surface area is 279 Å². The molecule has 3 heterocycles. The van der Waals surface area contributed by atoms with Crippen molar-refractivity contribution in [2.24, 2.45) is 12.1 Å². The van der Waals surface area contributed by atoms with Crippen molar-refractivity contribution in [3.05, 3.63) is 93.3 Å². The maximum Gasteiger partial charge on any atom is 0.352 e. The molecule has 0 unspecified atom stereocenters. The highest BCUT2D eigenvalue weighted by Crippen LogP contribution is 2.37. The number of thioether (sulfide) groups is 2. The van der Waals surface area contributed by atoms with Crippen LogP contribution in [-0.2, 0) is 25.0 Å². The molecule has 2 N–H and O–H groups in total. The van der Waals surface area contributed by atoms with Crippen LogP contribution in [0.25, 0.3) is 27.8 Å². The van der Waals surface area contributed by atoms with Gasteiger partial charge in [0.05, 0.1) is 17.8 Å². The fraction of sp³-hybridized carbons (Fsp3) is 0.265. The van der Waals surface area contributed by atoms with E-state index in [1.807, 2.05) is 49.3 Å². The average Bonchev–Trinajstić information content (AvgIpc) is 3.59. The summed E-state index contributed by atoms with van der Waals surface area (Å²) in [5, 5.41) is 27.2. The second-order valence-electron chi connectivity index (χ2n) is 11.0. The van der Waals surface area contributed by atoms with Crippen LogP contribution in [0.1, 0.15) is 46.3 Å². The number of aromatic nitrogens is 3. The van der Waals surface area contributed by atoms with Gasteiger partial charge in [-0.05, 0) is 79.3 Å². The summed E-state index contributed by atoms with van der Waals surface area (Å²) in [5.41, 5.74) is 5.26. The molecular formula is C34H33ClFN5O3S2. The molecule has 0 fully saturated rings. The lowest BCUT2D eigenvalue weighted by molar-refractivity contribution is 0.0685. The summed E-state index contributed by atoms with van der Waals surface area (Å²) in [6.07, 6.45) is 4.78. The van der Waals surface area contributed by atoms with E-state index in [1.165, 1.54) is 12.1 Å². The molecule has 46 heavy (non-hydrogen) atoms. The Morgan fingerprint density at radius 2 is 2.00 bits per heavy atom. The summed E-state index contributed by atoms with van der Waals surface area (Å²) in [6, 6.07) is 14.4. The fourth-order valence-corrected chi connectivity index (χ4v) is 7.84. The Kier molecular flexibility index (Phi) is 9.62. The van der Waals surface area contributed by atoms with Crippen molar-refractivity contribution in [1.82, 2.24) is 19.8 Å². The number of carboxylic acid groups (broad SMARTS) is 1. The summed E-state index contributed by atoms with van der Waals surface area (Å²) in [5.74, 6) is 1.30. The third kappa shape index (κ3) is 6.63. The van der Waals surface area contributed by atoms with Crippen molar-refractivity contribution >= 4 is 75.1 Å². The van der Waals surface area contributed by atoms with E-state index in [0.717, 1.165) is 54.8 Å². The van der Waals surface area contributed by atoms with Crippen molar-refractivity contribution in [3.63, 3.8) is 0 Å². The number of aryl methyl sites for hydroxylation is 2. The molecule has 2 aromatic heterocycles. The zero-order valence-electron chi connectivity index (χ0n) is 25.6. The van der Waals surface area contributed by atoms with Crippen molar-refractivity contribution in [1.29, 1.82) is 0 Å². The number of H-pyrrole nitrogens is 1. The van der Waals surface area contributed by atoms with Crippen LogP contribution in [0, 0.1) is 5.82 Å². The zero-order chi connectivity index (χ0) is 32.4. The van der Waals surface area contributed by atoms with E-state index in [0.29, 0.717) is 47.5 Å². The first-order valence-corrected chi connectivity index (χ1v) is 17.3. The van der Waals surface area contributed by atoms with Crippen molar-refractivity contribution in [3.8, 4) is 5.75 Å².